The average Bonchev–Trinajstić information content (AvgIpc) is 3.77. The van der Waals surface area contributed by atoms with E-state index in [-0.39, 0.29) is 21.7 Å². The van der Waals surface area contributed by atoms with Crippen LogP contribution in [0.4, 0.5) is 0 Å². The van der Waals surface area contributed by atoms with E-state index in [4.69, 9.17) is 4.74 Å². The fraction of sp³-hybridized carbons (Fsp3) is 0.254. The Hall–Kier alpha value is -5.92. The van der Waals surface area contributed by atoms with Gasteiger partial charge < -0.3 is 4.74 Å². The highest BCUT2D eigenvalue weighted by Gasteiger charge is 2.40. The van der Waals surface area contributed by atoms with E-state index in [1.165, 1.54) is 116 Å². The number of rotatable bonds is 3. The molecule has 296 valence electrons. The predicted octanol–water partition coefficient (Wildman–Crippen LogP) is 16.2. The van der Waals surface area contributed by atoms with Crippen molar-refractivity contribution in [2.45, 2.75) is 90.9 Å². The number of benzene rings is 8. The number of hydrogen-bond donors (Lipinski definition) is 0. The Kier molecular flexibility index (Phi) is 7.48. The van der Waals surface area contributed by atoms with Gasteiger partial charge in [0, 0.05) is 27.0 Å². The van der Waals surface area contributed by atoms with Crippen molar-refractivity contribution in [1.29, 1.82) is 0 Å². The monoisotopic (exact) mass is 778 g/mol. The van der Waals surface area contributed by atoms with Crippen LogP contribution in [0.15, 0.2) is 127 Å². The quantitative estimate of drug-likeness (QED) is 0.162. The Morgan fingerprint density at radius 3 is 1.70 bits per heavy atom. The average molecular weight is 779 g/mol. The molecule has 0 N–H and O–H groups in total. The Balaban J connectivity index is 1.13. The van der Waals surface area contributed by atoms with Gasteiger partial charge in [-0.15, -0.1) is 0 Å². The number of fused-ring (bicyclic) bond motifs is 11. The predicted molar refractivity (Wildman–Crippen MR) is 256 cm³/mol. The van der Waals surface area contributed by atoms with Crippen LogP contribution in [-0.2, 0) is 21.7 Å². The summed E-state index contributed by atoms with van der Waals surface area (Å²) in [5.74, 6) is 0.946. The van der Waals surface area contributed by atoms with Crippen LogP contribution >= 0.6 is 0 Å². The summed E-state index contributed by atoms with van der Waals surface area (Å²) in [6.07, 6.45) is 0. The Bertz CT molecular complexity index is 3190. The van der Waals surface area contributed by atoms with Gasteiger partial charge in [0.15, 0.2) is 0 Å². The van der Waals surface area contributed by atoms with Gasteiger partial charge in [-0.2, -0.15) is 0 Å². The van der Waals surface area contributed by atoms with Crippen LogP contribution < -0.4 is 4.74 Å². The highest BCUT2D eigenvalue weighted by atomic mass is 16.5. The van der Waals surface area contributed by atoms with Gasteiger partial charge in [0.25, 0.3) is 0 Å². The van der Waals surface area contributed by atoms with Gasteiger partial charge in [0.1, 0.15) is 5.75 Å². The van der Waals surface area contributed by atoms with E-state index in [1.54, 1.807) is 0 Å². The van der Waals surface area contributed by atoms with Gasteiger partial charge in [-0.05, 0) is 135 Å². The molecule has 8 aromatic rings. The zero-order valence-electron chi connectivity index (χ0n) is 37.0. The van der Waals surface area contributed by atoms with Gasteiger partial charge in [-0.3, -0.25) is 0 Å². The van der Waals surface area contributed by atoms with Crippen molar-refractivity contribution >= 4 is 21.5 Å². The fourth-order valence-corrected chi connectivity index (χ4v) is 11.2. The minimum Gasteiger partial charge on any atom is -0.495 e. The van der Waals surface area contributed by atoms with Crippen LogP contribution in [0.1, 0.15) is 103 Å². The maximum absolute atomic E-state index is 6.49. The SMILES string of the molecule is COc1c2cccc3c2c(c2cccc(-c4ccc5c(c4)C(C)(C)c4ccccc4-5)c12)-c1ccc(-c2cc(C(C)(C)C)cc4c2-c2ccc(C(C)(C)C)cc2C4(C)C)cc1-3. The molecule has 60 heavy (non-hydrogen) atoms. The molecule has 0 fully saturated rings. The summed E-state index contributed by atoms with van der Waals surface area (Å²) in [6, 6.07) is 49.2. The summed E-state index contributed by atoms with van der Waals surface area (Å²) < 4.78 is 6.49. The maximum atomic E-state index is 6.49. The second-order valence-corrected chi connectivity index (χ2v) is 20.9. The molecule has 0 spiro atoms. The van der Waals surface area contributed by atoms with Crippen molar-refractivity contribution in [3.8, 4) is 72.5 Å². The first-order valence-corrected chi connectivity index (χ1v) is 21.8. The largest absolute Gasteiger partial charge is 0.495 e. The third-order valence-electron chi connectivity index (χ3n) is 14.6. The van der Waals surface area contributed by atoms with Crippen molar-refractivity contribution < 1.29 is 4.74 Å². The van der Waals surface area contributed by atoms with Gasteiger partial charge in [0.2, 0.25) is 0 Å². The summed E-state index contributed by atoms with van der Waals surface area (Å²) in [7, 11) is 1.84. The summed E-state index contributed by atoms with van der Waals surface area (Å²) in [4.78, 5) is 0. The molecular weight excluding hydrogens is 725 g/mol. The van der Waals surface area contributed by atoms with Gasteiger partial charge in [-0.1, -0.05) is 178 Å². The lowest BCUT2D eigenvalue weighted by atomic mass is 9.76. The lowest BCUT2D eigenvalue weighted by molar-refractivity contribution is 0.425. The Labute approximate surface area is 356 Å². The molecule has 1 heteroatoms. The zero-order chi connectivity index (χ0) is 41.8. The third-order valence-corrected chi connectivity index (χ3v) is 14.6. The molecule has 0 atom stereocenters. The molecule has 3 aliphatic rings. The smallest absolute Gasteiger partial charge is 0.135 e. The maximum Gasteiger partial charge on any atom is 0.135 e. The number of hydrogen-bond acceptors (Lipinski definition) is 1. The molecule has 0 unspecified atom stereocenters. The second kappa shape index (κ2) is 12.1. The molecule has 8 aromatic carbocycles. The second-order valence-electron chi connectivity index (χ2n) is 20.9. The first kappa shape index (κ1) is 37.1. The molecule has 11 rings (SSSR count). The summed E-state index contributed by atoms with van der Waals surface area (Å²) in [6.45, 7) is 23.6. The molecule has 0 radical (unpaired) electrons. The number of methoxy groups -OCH3 is 1. The number of ether oxygens (including phenoxy) is 1. The van der Waals surface area contributed by atoms with E-state index in [0.29, 0.717) is 0 Å². The zero-order valence-corrected chi connectivity index (χ0v) is 37.0. The van der Waals surface area contributed by atoms with Crippen LogP contribution in [0, 0.1) is 0 Å². The third kappa shape index (κ3) is 4.93. The van der Waals surface area contributed by atoms with Crippen molar-refractivity contribution in [1.82, 2.24) is 0 Å². The first-order valence-electron chi connectivity index (χ1n) is 21.8. The van der Waals surface area contributed by atoms with E-state index >= 15 is 0 Å². The van der Waals surface area contributed by atoms with Crippen LogP contribution in [0.5, 0.6) is 5.75 Å². The van der Waals surface area contributed by atoms with Crippen molar-refractivity contribution in [2.24, 2.45) is 0 Å². The van der Waals surface area contributed by atoms with E-state index in [9.17, 15) is 0 Å². The van der Waals surface area contributed by atoms with Crippen LogP contribution in [0.3, 0.4) is 0 Å². The minimum atomic E-state index is -0.119. The van der Waals surface area contributed by atoms with Crippen LogP contribution in [0.25, 0.3) is 88.3 Å². The molecule has 1 nitrogen and oxygen atoms in total. The molecule has 0 heterocycles. The molecule has 0 saturated carbocycles. The van der Waals surface area contributed by atoms with Crippen molar-refractivity contribution in [3.63, 3.8) is 0 Å². The summed E-state index contributed by atoms with van der Waals surface area (Å²) >= 11 is 0. The summed E-state index contributed by atoms with van der Waals surface area (Å²) in [5, 5.41) is 4.86. The van der Waals surface area contributed by atoms with Gasteiger partial charge in [-0.25, -0.2) is 0 Å². The van der Waals surface area contributed by atoms with E-state index < -0.39 is 0 Å². The van der Waals surface area contributed by atoms with E-state index in [2.05, 4.69) is 197 Å². The molecule has 0 bridgehead atoms. The van der Waals surface area contributed by atoms with Gasteiger partial charge >= 0.3 is 0 Å². The van der Waals surface area contributed by atoms with Crippen LogP contribution in [-0.4, -0.2) is 7.11 Å². The normalized spacial score (nSPS) is 15.2. The molecule has 0 aromatic heterocycles. The minimum absolute atomic E-state index is 0.00446. The molecular formula is C59H54O. The van der Waals surface area contributed by atoms with Crippen molar-refractivity contribution in [2.75, 3.05) is 7.11 Å². The lowest BCUT2D eigenvalue weighted by Crippen LogP contribution is -2.19. The molecule has 0 aliphatic heterocycles. The Morgan fingerprint density at radius 2 is 0.967 bits per heavy atom. The molecule has 3 aliphatic carbocycles. The molecule has 0 amide bonds. The highest BCUT2D eigenvalue weighted by Crippen LogP contribution is 2.58. The van der Waals surface area contributed by atoms with Crippen LogP contribution in [0.2, 0.25) is 0 Å². The summed E-state index contributed by atoms with van der Waals surface area (Å²) in [5.41, 5.74) is 23.9. The standard InChI is InChI=1S/C59H54O/c1-56(2,3)35-24-27-42-49(31-35)59(9,10)50-32-36(57(4,5)6)30-45(51(42)50)33-23-26-41-46(28-33)40-18-15-20-44-53(40)52(41)43-19-14-17-37(54(43)55(44)60-11)34-22-25-39-38-16-12-13-21-47(38)58(7,8)48(39)29-34/h12-32H,1-11H3. The Morgan fingerprint density at radius 1 is 0.383 bits per heavy atom. The van der Waals surface area contributed by atoms with Crippen molar-refractivity contribution in [3.05, 3.63) is 161 Å². The fourth-order valence-electron chi connectivity index (χ4n) is 11.2. The highest BCUT2D eigenvalue weighted by molar-refractivity contribution is 6.28. The molecule has 0 saturated heterocycles. The van der Waals surface area contributed by atoms with E-state index in [0.717, 1.165) is 11.1 Å². The topological polar surface area (TPSA) is 9.23 Å². The lowest BCUT2D eigenvalue weighted by Gasteiger charge is -2.27. The first-order chi connectivity index (χ1) is 28.5. The van der Waals surface area contributed by atoms with E-state index in [1.807, 2.05) is 7.11 Å². The van der Waals surface area contributed by atoms with Gasteiger partial charge in [0.05, 0.1) is 7.11 Å².